The van der Waals surface area contributed by atoms with Crippen molar-refractivity contribution in [2.24, 2.45) is 0 Å². The third kappa shape index (κ3) is 4.75. The van der Waals surface area contributed by atoms with Crippen molar-refractivity contribution in [3.05, 3.63) is 17.7 Å². The van der Waals surface area contributed by atoms with Crippen LogP contribution in [0.1, 0.15) is 32.8 Å². The number of fused-ring (bicyclic) bond motifs is 1. The SMILES string of the molecule is CC(C)(C)OC(=O)N1CCCN(c2ccc3c(n2)OCCNC3)CC1. The number of amides is 1. The van der Waals surface area contributed by atoms with Crippen LogP contribution in [0, 0.1) is 0 Å². The number of hydrogen-bond donors (Lipinski definition) is 1. The molecule has 7 nitrogen and oxygen atoms in total. The van der Waals surface area contributed by atoms with Crippen molar-refractivity contribution in [3.63, 3.8) is 0 Å². The monoisotopic (exact) mass is 348 g/mol. The molecular formula is C18H28N4O3. The van der Waals surface area contributed by atoms with Crippen LogP contribution >= 0.6 is 0 Å². The summed E-state index contributed by atoms with van der Waals surface area (Å²) in [5.74, 6) is 1.63. The first-order chi connectivity index (χ1) is 11.9. The molecule has 0 unspecified atom stereocenters. The zero-order valence-corrected chi connectivity index (χ0v) is 15.4. The summed E-state index contributed by atoms with van der Waals surface area (Å²) < 4.78 is 11.2. The van der Waals surface area contributed by atoms with Gasteiger partial charge in [-0.15, -0.1) is 0 Å². The van der Waals surface area contributed by atoms with Crippen LogP contribution in [0.2, 0.25) is 0 Å². The second-order valence-electron chi connectivity index (χ2n) is 7.47. The number of ether oxygens (including phenoxy) is 2. The molecule has 25 heavy (non-hydrogen) atoms. The molecule has 3 rings (SSSR count). The van der Waals surface area contributed by atoms with E-state index in [0.29, 0.717) is 19.7 Å². The van der Waals surface area contributed by atoms with Crippen LogP contribution in [0.5, 0.6) is 5.88 Å². The maximum absolute atomic E-state index is 12.3. The van der Waals surface area contributed by atoms with Crippen molar-refractivity contribution in [1.82, 2.24) is 15.2 Å². The van der Waals surface area contributed by atoms with Gasteiger partial charge in [0.15, 0.2) is 0 Å². The fourth-order valence-corrected chi connectivity index (χ4v) is 2.99. The Morgan fingerprint density at radius 1 is 1.24 bits per heavy atom. The second kappa shape index (κ2) is 7.47. The van der Waals surface area contributed by atoms with Gasteiger partial charge in [-0.1, -0.05) is 0 Å². The third-order valence-corrected chi connectivity index (χ3v) is 4.23. The first-order valence-electron chi connectivity index (χ1n) is 8.99. The van der Waals surface area contributed by atoms with Gasteiger partial charge in [-0.25, -0.2) is 4.79 Å². The second-order valence-corrected chi connectivity index (χ2v) is 7.47. The van der Waals surface area contributed by atoms with Gasteiger partial charge < -0.3 is 24.6 Å². The van der Waals surface area contributed by atoms with E-state index >= 15 is 0 Å². The smallest absolute Gasteiger partial charge is 0.410 e. The third-order valence-electron chi connectivity index (χ3n) is 4.23. The molecule has 0 radical (unpaired) electrons. The number of anilines is 1. The van der Waals surface area contributed by atoms with E-state index in [0.717, 1.165) is 49.9 Å². The summed E-state index contributed by atoms with van der Waals surface area (Å²) in [6.07, 6.45) is 0.652. The van der Waals surface area contributed by atoms with E-state index < -0.39 is 5.60 Å². The molecule has 138 valence electrons. The highest BCUT2D eigenvalue weighted by Gasteiger charge is 2.25. The zero-order valence-electron chi connectivity index (χ0n) is 15.4. The van der Waals surface area contributed by atoms with Gasteiger partial charge in [0.25, 0.3) is 0 Å². The molecule has 1 N–H and O–H groups in total. The van der Waals surface area contributed by atoms with Crippen molar-refractivity contribution in [2.75, 3.05) is 44.2 Å². The Morgan fingerprint density at radius 3 is 2.88 bits per heavy atom. The fraction of sp³-hybridized carbons (Fsp3) is 0.667. The Morgan fingerprint density at radius 2 is 2.08 bits per heavy atom. The standard InChI is InChI=1S/C18H28N4O3/c1-18(2,3)25-17(23)22-9-4-8-21(10-11-22)15-6-5-14-13-19-7-12-24-16(14)20-15/h5-6,19H,4,7-13H2,1-3H3. The van der Waals surface area contributed by atoms with Crippen LogP contribution in [0.15, 0.2) is 12.1 Å². The molecule has 1 fully saturated rings. The first-order valence-corrected chi connectivity index (χ1v) is 8.99. The molecule has 0 saturated carbocycles. The fourth-order valence-electron chi connectivity index (χ4n) is 2.99. The minimum atomic E-state index is -0.465. The zero-order chi connectivity index (χ0) is 17.9. The molecule has 0 aromatic carbocycles. The lowest BCUT2D eigenvalue weighted by Crippen LogP contribution is -2.39. The Bertz CT molecular complexity index is 615. The molecule has 1 amide bonds. The highest BCUT2D eigenvalue weighted by atomic mass is 16.6. The Hall–Kier alpha value is -2.02. The van der Waals surface area contributed by atoms with E-state index in [2.05, 4.69) is 16.3 Å². The van der Waals surface area contributed by atoms with Gasteiger partial charge in [0.2, 0.25) is 5.88 Å². The van der Waals surface area contributed by atoms with Gasteiger partial charge >= 0.3 is 6.09 Å². The maximum Gasteiger partial charge on any atom is 0.410 e. The summed E-state index contributed by atoms with van der Waals surface area (Å²) in [6.45, 7) is 10.9. The number of nitrogens with one attached hydrogen (secondary N) is 1. The van der Waals surface area contributed by atoms with Crippen molar-refractivity contribution in [2.45, 2.75) is 39.3 Å². The lowest BCUT2D eigenvalue weighted by Gasteiger charge is -2.26. The topological polar surface area (TPSA) is 66.9 Å². The summed E-state index contributed by atoms with van der Waals surface area (Å²) in [5.41, 5.74) is 0.624. The van der Waals surface area contributed by atoms with Crippen LogP contribution in [0.3, 0.4) is 0 Å². The quantitative estimate of drug-likeness (QED) is 0.837. The Balaban J connectivity index is 1.65. The van der Waals surface area contributed by atoms with Crippen molar-refractivity contribution in [1.29, 1.82) is 0 Å². The highest BCUT2D eigenvalue weighted by Crippen LogP contribution is 2.23. The number of rotatable bonds is 1. The minimum Gasteiger partial charge on any atom is -0.476 e. The van der Waals surface area contributed by atoms with E-state index in [9.17, 15) is 4.79 Å². The predicted molar refractivity (Wildman–Crippen MR) is 96.1 cm³/mol. The number of pyridine rings is 1. The molecule has 1 aromatic rings. The number of hydrogen-bond acceptors (Lipinski definition) is 6. The molecule has 2 aliphatic heterocycles. The van der Waals surface area contributed by atoms with Gasteiger partial charge in [0.1, 0.15) is 18.0 Å². The molecule has 1 saturated heterocycles. The largest absolute Gasteiger partial charge is 0.476 e. The van der Waals surface area contributed by atoms with E-state index in [-0.39, 0.29) is 6.09 Å². The van der Waals surface area contributed by atoms with E-state index in [4.69, 9.17) is 14.5 Å². The minimum absolute atomic E-state index is 0.237. The molecule has 0 spiro atoms. The molecule has 0 atom stereocenters. The van der Waals surface area contributed by atoms with E-state index in [1.165, 1.54) is 0 Å². The normalized spacial score (nSPS) is 18.7. The lowest BCUT2D eigenvalue weighted by atomic mass is 10.2. The van der Waals surface area contributed by atoms with Gasteiger partial charge in [0.05, 0.1) is 0 Å². The number of nitrogens with zero attached hydrogens (tertiary/aromatic N) is 3. The summed E-state index contributed by atoms with van der Waals surface area (Å²) >= 11 is 0. The molecular weight excluding hydrogens is 320 g/mol. The summed E-state index contributed by atoms with van der Waals surface area (Å²) in [7, 11) is 0. The van der Waals surface area contributed by atoms with Crippen LogP contribution < -0.4 is 15.0 Å². The van der Waals surface area contributed by atoms with Crippen LogP contribution in [0.4, 0.5) is 10.6 Å². The molecule has 0 bridgehead atoms. The molecule has 1 aromatic heterocycles. The van der Waals surface area contributed by atoms with Crippen molar-refractivity contribution >= 4 is 11.9 Å². The maximum atomic E-state index is 12.3. The van der Waals surface area contributed by atoms with Gasteiger partial charge in [-0.3, -0.25) is 0 Å². The van der Waals surface area contributed by atoms with Gasteiger partial charge in [-0.2, -0.15) is 4.98 Å². The number of carbonyl (C=O) groups is 1. The summed E-state index contributed by atoms with van der Waals surface area (Å²) in [4.78, 5) is 21.0. The molecule has 0 aliphatic carbocycles. The lowest BCUT2D eigenvalue weighted by molar-refractivity contribution is 0.0263. The Kier molecular flexibility index (Phi) is 5.32. The highest BCUT2D eigenvalue weighted by molar-refractivity contribution is 5.68. The van der Waals surface area contributed by atoms with Crippen LogP contribution in [-0.4, -0.2) is 60.9 Å². The van der Waals surface area contributed by atoms with Crippen LogP contribution in [-0.2, 0) is 11.3 Å². The molecule has 7 heteroatoms. The number of carbonyl (C=O) groups excluding carboxylic acids is 1. The van der Waals surface area contributed by atoms with Crippen LogP contribution in [0.25, 0.3) is 0 Å². The summed E-state index contributed by atoms with van der Waals surface area (Å²) in [5, 5.41) is 3.31. The van der Waals surface area contributed by atoms with E-state index in [1.807, 2.05) is 26.8 Å². The molecule has 3 heterocycles. The first kappa shape index (κ1) is 17.8. The summed E-state index contributed by atoms with van der Waals surface area (Å²) in [6, 6.07) is 4.12. The average Bonchev–Trinajstić information content (AvgIpc) is 2.93. The van der Waals surface area contributed by atoms with Gasteiger partial charge in [-0.05, 0) is 39.3 Å². The molecule has 2 aliphatic rings. The van der Waals surface area contributed by atoms with E-state index in [1.54, 1.807) is 4.90 Å². The van der Waals surface area contributed by atoms with Crippen molar-refractivity contribution in [3.8, 4) is 5.88 Å². The Labute approximate surface area is 149 Å². The van der Waals surface area contributed by atoms with Crippen molar-refractivity contribution < 1.29 is 14.3 Å². The average molecular weight is 348 g/mol. The van der Waals surface area contributed by atoms with Gasteiger partial charge in [0, 0.05) is 44.8 Å². The predicted octanol–water partition coefficient (Wildman–Crippen LogP) is 2.01. The number of aromatic nitrogens is 1.